The van der Waals surface area contributed by atoms with Gasteiger partial charge in [-0.25, -0.2) is 8.78 Å². The van der Waals surface area contributed by atoms with E-state index in [1.54, 1.807) is 0 Å². The van der Waals surface area contributed by atoms with Gasteiger partial charge in [-0.05, 0) is 43.9 Å². The predicted molar refractivity (Wildman–Crippen MR) is 67.0 cm³/mol. The van der Waals surface area contributed by atoms with Crippen molar-refractivity contribution in [2.24, 2.45) is 5.41 Å². The Morgan fingerprint density at radius 2 is 1.94 bits per heavy atom. The summed E-state index contributed by atoms with van der Waals surface area (Å²) in [6.45, 7) is 6.30. The normalized spacial score (nSPS) is 13.8. The summed E-state index contributed by atoms with van der Waals surface area (Å²) in [7, 11) is 1.92. The monoisotopic (exact) mass is 241 g/mol. The zero-order valence-electron chi connectivity index (χ0n) is 11.0. The molecule has 96 valence electrons. The molecule has 0 heterocycles. The number of hydrogen-bond donors (Lipinski definition) is 1. The van der Waals surface area contributed by atoms with Crippen LogP contribution in [0.25, 0.3) is 0 Å². The van der Waals surface area contributed by atoms with Crippen molar-refractivity contribution in [3.05, 3.63) is 35.4 Å². The second-order valence-electron chi connectivity index (χ2n) is 5.47. The Labute approximate surface area is 102 Å². The van der Waals surface area contributed by atoms with Gasteiger partial charge in [0.2, 0.25) is 0 Å². The summed E-state index contributed by atoms with van der Waals surface area (Å²) in [6, 6.07) is 4.19. The van der Waals surface area contributed by atoms with Gasteiger partial charge in [0.25, 0.3) is 0 Å². The quantitative estimate of drug-likeness (QED) is 0.831. The van der Waals surface area contributed by atoms with Crippen molar-refractivity contribution >= 4 is 0 Å². The Morgan fingerprint density at radius 3 is 2.47 bits per heavy atom. The van der Waals surface area contributed by atoms with E-state index in [0.29, 0.717) is 18.0 Å². The zero-order valence-corrected chi connectivity index (χ0v) is 11.0. The van der Waals surface area contributed by atoms with Gasteiger partial charge in [0.15, 0.2) is 0 Å². The fourth-order valence-corrected chi connectivity index (χ4v) is 2.18. The van der Waals surface area contributed by atoms with Gasteiger partial charge in [0, 0.05) is 12.1 Å². The molecule has 0 aliphatic heterocycles. The molecule has 0 aliphatic rings. The molecular formula is C14H21F2N. The van der Waals surface area contributed by atoms with Gasteiger partial charge >= 0.3 is 0 Å². The molecule has 0 saturated heterocycles. The first-order chi connectivity index (χ1) is 7.84. The summed E-state index contributed by atoms with van der Waals surface area (Å²) in [5, 5.41) is 3.18. The molecule has 3 heteroatoms. The van der Waals surface area contributed by atoms with Crippen LogP contribution in [0.1, 0.15) is 32.8 Å². The molecular weight excluding hydrogens is 220 g/mol. The largest absolute Gasteiger partial charge is 0.317 e. The second-order valence-corrected chi connectivity index (χ2v) is 5.47. The number of nitrogens with one attached hydrogen (secondary N) is 1. The minimum Gasteiger partial charge on any atom is -0.317 e. The average Bonchev–Trinajstić information content (AvgIpc) is 2.21. The lowest BCUT2D eigenvalue weighted by molar-refractivity contribution is 0.290. The number of rotatable bonds is 5. The third-order valence-corrected chi connectivity index (χ3v) is 3.04. The van der Waals surface area contributed by atoms with Crippen LogP contribution in [0.2, 0.25) is 0 Å². The van der Waals surface area contributed by atoms with Crippen molar-refractivity contribution in [3.8, 4) is 0 Å². The lowest BCUT2D eigenvalue weighted by Crippen LogP contribution is -2.29. The smallest absolute Gasteiger partial charge is 0.129 e. The van der Waals surface area contributed by atoms with Crippen molar-refractivity contribution < 1.29 is 8.78 Å². The topological polar surface area (TPSA) is 12.0 Å². The summed E-state index contributed by atoms with van der Waals surface area (Å²) in [4.78, 5) is 0. The maximum Gasteiger partial charge on any atom is 0.129 e. The highest BCUT2D eigenvalue weighted by atomic mass is 19.1. The number of hydrogen-bond acceptors (Lipinski definition) is 1. The van der Waals surface area contributed by atoms with E-state index in [-0.39, 0.29) is 5.41 Å². The van der Waals surface area contributed by atoms with Crippen LogP contribution >= 0.6 is 0 Å². The predicted octanol–water partition coefficient (Wildman–Crippen LogP) is 3.53. The molecule has 0 spiro atoms. The van der Waals surface area contributed by atoms with Crippen LogP contribution in [-0.4, -0.2) is 13.1 Å². The summed E-state index contributed by atoms with van der Waals surface area (Å²) < 4.78 is 26.3. The maximum atomic E-state index is 13.5. The minimum atomic E-state index is -0.521. The molecule has 0 fully saturated rings. The Hall–Kier alpha value is -0.960. The Balaban J connectivity index is 2.75. The van der Waals surface area contributed by atoms with Gasteiger partial charge < -0.3 is 5.32 Å². The van der Waals surface area contributed by atoms with Gasteiger partial charge in [0.05, 0.1) is 0 Å². The van der Waals surface area contributed by atoms with E-state index in [9.17, 15) is 8.78 Å². The van der Waals surface area contributed by atoms with E-state index >= 15 is 0 Å². The maximum absolute atomic E-state index is 13.5. The fraction of sp³-hybridized carbons (Fsp3) is 0.571. The van der Waals surface area contributed by atoms with Gasteiger partial charge in [0.1, 0.15) is 11.6 Å². The van der Waals surface area contributed by atoms with Crippen LogP contribution < -0.4 is 5.32 Å². The first kappa shape index (κ1) is 14.1. The Bertz CT molecular complexity index is 374. The molecule has 1 unspecified atom stereocenters. The summed E-state index contributed by atoms with van der Waals surface area (Å²) in [5.74, 6) is -0.970. The number of benzene rings is 1. The van der Waals surface area contributed by atoms with Crippen LogP contribution in [0.5, 0.6) is 0 Å². The first-order valence-electron chi connectivity index (χ1n) is 5.95. The van der Waals surface area contributed by atoms with Crippen molar-refractivity contribution in [1.29, 1.82) is 0 Å². The van der Waals surface area contributed by atoms with Crippen molar-refractivity contribution in [3.63, 3.8) is 0 Å². The van der Waals surface area contributed by atoms with E-state index in [4.69, 9.17) is 0 Å². The number of halogens is 2. The lowest BCUT2D eigenvalue weighted by atomic mass is 9.80. The Kier molecular flexibility index (Phi) is 4.63. The molecule has 0 amide bonds. The van der Waals surface area contributed by atoms with Crippen LogP contribution in [-0.2, 0) is 6.42 Å². The highest BCUT2D eigenvalue weighted by molar-refractivity contribution is 5.19. The molecule has 0 radical (unpaired) electrons. The van der Waals surface area contributed by atoms with E-state index in [1.165, 1.54) is 12.1 Å². The Morgan fingerprint density at radius 1 is 1.29 bits per heavy atom. The van der Waals surface area contributed by atoms with Crippen LogP contribution in [0.15, 0.2) is 18.2 Å². The molecule has 1 nitrogen and oxygen atoms in total. The van der Waals surface area contributed by atoms with E-state index < -0.39 is 11.6 Å². The summed E-state index contributed by atoms with van der Waals surface area (Å²) in [5.41, 5.74) is 0.570. The molecule has 1 rings (SSSR count). The van der Waals surface area contributed by atoms with Gasteiger partial charge in [-0.3, -0.25) is 0 Å². The lowest BCUT2D eigenvalue weighted by Gasteiger charge is -2.28. The zero-order chi connectivity index (χ0) is 13.1. The highest BCUT2D eigenvalue weighted by Gasteiger charge is 2.22. The average molecular weight is 241 g/mol. The SMILES string of the molecule is CNC(C)CC(C)(C)Cc1ccc(F)cc1F. The second kappa shape index (κ2) is 5.58. The van der Waals surface area contributed by atoms with E-state index in [2.05, 4.69) is 26.1 Å². The molecule has 1 N–H and O–H groups in total. The van der Waals surface area contributed by atoms with Crippen molar-refractivity contribution in [2.45, 2.75) is 39.7 Å². The van der Waals surface area contributed by atoms with Crippen LogP contribution in [0.4, 0.5) is 8.78 Å². The molecule has 0 aliphatic carbocycles. The first-order valence-corrected chi connectivity index (χ1v) is 5.95. The van der Waals surface area contributed by atoms with Crippen molar-refractivity contribution in [1.82, 2.24) is 5.32 Å². The fourth-order valence-electron chi connectivity index (χ4n) is 2.18. The van der Waals surface area contributed by atoms with Crippen molar-refractivity contribution in [2.75, 3.05) is 7.05 Å². The molecule has 0 aromatic heterocycles. The van der Waals surface area contributed by atoms with E-state index in [1.807, 2.05) is 7.05 Å². The molecule has 0 bridgehead atoms. The van der Waals surface area contributed by atoms with Crippen LogP contribution in [0, 0.1) is 17.0 Å². The summed E-state index contributed by atoms with van der Waals surface area (Å²) in [6.07, 6.45) is 1.56. The summed E-state index contributed by atoms with van der Waals surface area (Å²) >= 11 is 0. The van der Waals surface area contributed by atoms with E-state index in [0.717, 1.165) is 12.5 Å². The third-order valence-electron chi connectivity index (χ3n) is 3.04. The third kappa shape index (κ3) is 4.43. The molecule has 17 heavy (non-hydrogen) atoms. The van der Waals surface area contributed by atoms with Gasteiger partial charge in [-0.2, -0.15) is 0 Å². The standard InChI is InChI=1S/C14H21F2N/c1-10(17-4)8-14(2,3)9-11-5-6-12(15)7-13(11)16/h5-7,10,17H,8-9H2,1-4H3. The molecule has 1 aromatic carbocycles. The van der Waals surface area contributed by atoms with Gasteiger partial charge in [-0.1, -0.05) is 19.9 Å². The minimum absolute atomic E-state index is 0.0128. The highest BCUT2D eigenvalue weighted by Crippen LogP contribution is 2.28. The molecule has 0 saturated carbocycles. The molecule has 1 aromatic rings. The van der Waals surface area contributed by atoms with Crippen LogP contribution in [0.3, 0.4) is 0 Å². The van der Waals surface area contributed by atoms with Gasteiger partial charge in [-0.15, -0.1) is 0 Å². The molecule has 1 atom stereocenters.